The number of thioether (sulfide) groups is 2. The lowest BCUT2D eigenvalue weighted by Crippen LogP contribution is -2.38. The van der Waals surface area contributed by atoms with Gasteiger partial charge >= 0.3 is 5.97 Å². The maximum Gasteiger partial charge on any atom is 0.338 e. The molecule has 0 aromatic heterocycles. The molecule has 0 unspecified atom stereocenters. The highest BCUT2D eigenvalue weighted by Crippen LogP contribution is 2.43. The highest BCUT2D eigenvalue weighted by Gasteiger charge is 2.22. The minimum Gasteiger partial charge on any atom is -0.449 e. The average Bonchev–Trinajstić information content (AvgIpc) is 2.73. The minimum absolute atomic E-state index is 0.208. The number of carbonyl (C=O) groups excluding carboxylic acids is 2. The van der Waals surface area contributed by atoms with Crippen LogP contribution >= 0.6 is 23.5 Å². The second kappa shape index (κ2) is 10.4. The van der Waals surface area contributed by atoms with Crippen molar-refractivity contribution in [2.75, 3.05) is 18.1 Å². The summed E-state index contributed by atoms with van der Waals surface area (Å²) in [5, 5.41) is 2.94. The Morgan fingerprint density at radius 1 is 1.07 bits per heavy atom. The molecule has 0 radical (unpaired) electrons. The fraction of sp³-hybridized carbons (Fsp3) is 0.619. The molecule has 0 bridgehead atoms. The number of rotatable bonds is 6. The van der Waals surface area contributed by atoms with E-state index in [4.69, 9.17) is 4.74 Å². The van der Waals surface area contributed by atoms with Gasteiger partial charge in [-0.1, -0.05) is 31.4 Å². The molecule has 2 fully saturated rings. The van der Waals surface area contributed by atoms with Gasteiger partial charge < -0.3 is 10.1 Å². The van der Waals surface area contributed by atoms with Gasteiger partial charge in [-0.15, -0.1) is 23.5 Å². The number of carbonyl (C=O) groups is 2. The van der Waals surface area contributed by atoms with E-state index in [1.807, 2.05) is 35.7 Å². The minimum atomic E-state index is -0.773. The molecule has 1 aliphatic carbocycles. The van der Waals surface area contributed by atoms with Crippen molar-refractivity contribution in [1.29, 1.82) is 0 Å². The normalized spacial score (nSPS) is 20.0. The zero-order valence-corrected chi connectivity index (χ0v) is 17.6. The number of nitrogens with one attached hydrogen (secondary N) is 1. The van der Waals surface area contributed by atoms with Gasteiger partial charge in [0.25, 0.3) is 5.91 Å². The van der Waals surface area contributed by atoms with E-state index >= 15 is 0 Å². The van der Waals surface area contributed by atoms with Gasteiger partial charge in [0.05, 0.1) is 10.1 Å². The predicted molar refractivity (Wildman–Crippen MR) is 113 cm³/mol. The monoisotopic (exact) mass is 407 g/mol. The maximum absolute atomic E-state index is 12.3. The molecule has 2 aliphatic rings. The van der Waals surface area contributed by atoms with Crippen LogP contribution in [-0.4, -0.2) is 36.0 Å². The SMILES string of the molecule is C[C@@H](OC(=O)c1ccc(C2SCCCS2)cc1)C(=O)NCC1CCCCC1. The molecule has 1 aromatic rings. The Morgan fingerprint density at radius 2 is 1.74 bits per heavy atom. The van der Waals surface area contributed by atoms with E-state index in [2.05, 4.69) is 5.32 Å². The van der Waals surface area contributed by atoms with Crippen molar-refractivity contribution in [3.8, 4) is 0 Å². The van der Waals surface area contributed by atoms with Crippen LogP contribution in [0.25, 0.3) is 0 Å². The van der Waals surface area contributed by atoms with Gasteiger partial charge in [0.1, 0.15) is 0 Å². The lowest BCUT2D eigenvalue weighted by atomic mass is 9.89. The van der Waals surface area contributed by atoms with E-state index in [0.717, 1.165) is 0 Å². The Balaban J connectivity index is 1.46. The first-order valence-electron chi connectivity index (χ1n) is 9.95. The summed E-state index contributed by atoms with van der Waals surface area (Å²) in [7, 11) is 0. The first-order valence-corrected chi connectivity index (χ1v) is 12.0. The van der Waals surface area contributed by atoms with E-state index < -0.39 is 12.1 Å². The molecule has 1 amide bonds. The smallest absolute Gasteiger partial charge is 0.338 e. The Hall–Kier alpha value is -1.14. The number of hydrogen-bond donors (Lipinski definition) is 1. The summed E-state index contributed by atoms with van der Waals surface area (Å²) in [6, 6.07) is 7.61. The van der Waals surface area contributed by atoms with Crippen LogP contribution in [0.1, 0.15) is 66.0 Å². The number of hydrogen-bond acceptors (Lipinski definition) is 5. The molecular formula is C21H29NO3S2. The Labute approximate surface area is 170 Å². The quantitative estimate of drug-likeness (QED) is 0.687. The van der Waals surface area contributed by atoms with E-state index in [9.17, 15) is 9.59 Å². The van der Waals surface area contributed by atoms with Crippen LogP contribution in [-0.2, 0) is 9.53 Å². The van der Waals surface area contributed by atoms with Crippen LogP contribution in [0, 0.1) is 5.92 Å². The van der Waals surface area contributed by atoms with Gasteiger partial charge in [-0.3, -0.25) is 4.79 Å². The summed E-state index contributed by atoms with van der Waals surface area (Å²) in [5.74, 6) is 2.30. The Morgan fingerprint density at radius 3 is 2.41 bits per heavy atom. The lowest BCUT2D eigenvalue weighted by molar-refractivity contribution is -0.129. The van der Waals surface area contributed by atoms with Crippen molar-refractivity contribution in [3.63, 3.8) is 0 Å². The first kappa shape index (κ1) is 20.6. The van der Waals surface area contributed by atoms with Crippen LogP contribution in [0.4, 0.5) is 0 Å². The zero-order chi connectivity index (χ0) is 19.1. The van der Waals surface area contributed by atoms with Gasteiger partial charge in [-0.05, 0) is 61.3 Å². The standard InChI is InChI=1S/C21H29NO3S2/c1-15(19(23)22-14-16-6-3-2-4-7-16)25-20(24)17-8-10-18(11-9-17)21-26-12-5-13-27-21/h8-11,15-16,21H,2-7,12-14H2,1H3,(H,22,23)/t15-/m1/s1. The molecule has 1 aromatic carbocycles. The molecule has 4 nitrogen and oxygen atoms in total. The molecule has 148 valence electrons. The van der Waals surface area contributed by atoms with Crippen LogP contribution in [0.3, 0.4) is 0 Å². The summed E-state index contributed by atoms with van der Waals surface area (Å²) in [5.41, 5.74) is 1.73. The predicted octanol–water partition coefficient (Wildman–Crippen LogP) is 4.80. The fourth-order valence-electron chi connectivity index (χ4n) is 3.52. The number of amides is 1. The molecule has 0 spiro atoms. The van der Waals surface area contributed by atoms with Crippen LogP contribution in [0.5, 0.6) is 0 Å². The molecule has 3 rings (SSSR count). The molecule has 1 N–H and O–H groups in total. The van der Waals surface area contributed by atoms with Gasteiger partial charge in [0.15, 0.2) is 6.10 Å². The molecule has 1 heterocycles. The van der Waals surface area contributed by atoms with E-state index in [1.54, 1.807) is 19.1 Å². The van der Waals surface area contributed by atoms with Crippen molar-refractivity contribution in [3.05, 3.63) is 35.4 Å². The van der Waals surface area contributed by atoms with Gasteiger partial charge in [0, 0.05) is 6.54 Å². The van der Waals surface area contributed by atoms with Crippen molar-refractivity contribution in [1.82, 2.24) is 5.32 Å². The zero-order valence-electron chi connectivity index (χ0n) is 15.9. The molecular weight excluding hydrogens is 378 g/mol. The number of esters is 1. The second-order valence-electron chi connectivity index (χ2n) is 7.35. The lowest BCUT2D eigenvalue weighted by Gasteiger charge is -2.22. The van der Waals surface area contributed by atoms with Gasteiger partial charge in [-0.2, -0.15) is 0 Å². The van der Waals surface area contributed by atoms with Crippen molar-refractivity contribution >= 4 is 35.4 Å². The fourth-order valence-corrected chi connectivity index (χ4v) is 6.41. The van der Waals surface area contributed by atoms with Gasteiger partial charge in [-0.25, -0.2) is 4.79 Å². The largest absolute Gasteiger partial charge is 0.449 e. The summed E-state index contributed by atoms with van der Waals surface area (Å²) < 4.78 is 5.81. The van der Waals surface area contributed by atoms with Crippen LogP contribution in [0.15, 0.2) is 24.3 Å². The molecule has 1 aliphatic heterocycles. The summed E-state index contributed by atoms with van der Waals surface area (Å²) in [6.07, 6.45) is 6.64. The molecule has 1 saturated carbocycles. The molecule has 6 heteroatoms. The number of ether oxygens (including phenoxy) is 1. The Kier molecular flexibility index (Phi) is 7.94. The summed E-state index contributed by atoms with van der Waals surface area (Å²) in [6.45, 7) is 2.32. The third-order valence-corrected chi connectivity index (χ3v) is 8.20. The van der Waals surface area contributed by atoms with E-state index in [0.29, 0.717) is 22.6 Å². The maximum atomic E-state index is 12.3. The van der Waals surface area contributed by atoms with Crippen LogP contribution in [0.2, 0.25) is 0 Å². The van der Waals surface area contributed by atoms with Gasteiger partial charge in [0.2, 0.25) is 0 Å². The van der Waals surface area contributed by atoms with E-state index in [-0.39, 0.29) is 5.91 Å². The highest BCUT2D eigenvalue weighted by atomic mass is 32.2. The van der Waals surface area contributed by atoms with Crippen molar-refractivity contribution < 1.29 is 14.3 Å². The average molecular weight is 408 g/mol. The first-order chi connectivity index (χ1) is 13.1. The third-order valence-electron chi connectivity index (χ3n) is 5.19. The molecule has 1 saturated heterocycles. The van der Waals surface area contributed by atoms with Crippen LogP contribution < -0.4 is 5.32 Å². The second-order valence-corrected chi connectivity index (χ2v) is 10.1. The molecule has 1 atom stereocenters. The third kappa shape index (κ3) is 6.18. The van der Waals surface area contributed by atoms with Crippen molar-refractivity contribution in [2.24, 2.45) is 5.92 Å². The highest BCUT2D eigenvalue weighted by molar-refractivity contribution is 8.16. The molecule has 27 heavy (non-hydrogen) atoms. The Bertz CT molecular complexity index is 623. The topological polar surface area (TPSA) is 55.4 Å². The summed E-state index contributed by atoms with van der Waals surface area (Å²) >= 11 is 3.91. The number of benzene rings is 1. The summed E-state index contributed by atoms with van der Waals surface area (Å²) in [4.78, 5) is 24.6. The van der Waals surface area contributed by atoms with Crippen molar-refractivity contribution in [2.45, 2.75) is 56.1 Å². The van der Waals surface area contributed by atoms with E-state index in [1.165, 1.54) is 55.6 Å².